The number of carbonyl (C=O) groups excluding carboxylic acids is 2. The third-order valence-corrected chi connectivity index (χ3v) is 5.10. The summed E-state index contributed by atoms with van der Waals surface area (Å²) in [5.74, 6) is -0.228. The number of urea groups is 1. The number of rotatable bonds is 8. The van der Waals surface area contributed by atoms with Crippen molar-refractivity contribution in [2.75, 3.05) is 6.61 Å². The van der Waals surface area contributed by atoms with Crippen molar-refractivity contribution in [2.24, 2.45) is 0 Å². The van der Waals surface area contributed by atoms with Gasteiger partial charge in [0.15, 0.2) is 11.5 Å². The van der Waals surface area contributed by atoms with Crippen molar-refractivity contribution in [3.05, 3.63) is 101 Å². The number of amides is 3. The van der Waals surface area contributed by atoms with Gasteiger partial charge < -0.3 is 14.8 Å². The number of hydrogen-bond donors (Lipinski definition) is 1. The van der Waals surface area contributed by atoms with E-state index >= 15 is 0 Å². The first kappa shape index (κ1) is 23.0. The zero-order valence-electron chi connectivity index (χ0n) is 18.4. The first-order valence-corrected chi connectivity index (χ1v) is 10.7. The van der Waals surface area contributed by atoms with Gasteiger partial charge in [-0.2, -0.15) is 0 Å². The van der Waals surface area contributed by atoms with Crippen molar-refractivity contribution < 1.29 is 27.8 Å². The molecule has 0 aliphatic carbocycles. The largest absolute Gasteiger partial charge is 0.490 e. The second-order valence-electron chi connectivity index (χ2n) is 7.56. The molecule has 1 aliphatic heterocycles. The first-order valence-electron chi connectivity index (χ1n) is 10.7. The molecule has 1 N–H and O–H groups in total. The predicted octanol–water partition coefficient (Wildman–Crippen LogP) is 5.04. The van der Waals surface area contributed by atoms with Crippen molar-refractivity contribution in [3.63, 3.8) is 0 Å². The fourth-order valence-electron chi connectivity index (χ4n) is 3.40. The molecule has 0 atom stereocenters. The monoisotopic (exact) mass is 464 g/mol. The Balaban J connectivity index is 1.49. The van der Waals surface area contributed by atoms with Crippen LogP contribution in [0.5, 0.6) is 11.5 Å². The molecule has 3 aromatic carbocycles. The zero-order chi connectivity index (χ0) is 24.1. The minimum atomic E-state index is -0.551. The standard InChI is InChI=1S/C26H22F2N2O4/c1-2-33-24-14-19(7-12-23(24)34-16-18-5-10-21(28)11-6-18)13-22-25(31)30(26(32)29-22)15-17-3-8-20(27)9-4-17/h3-14H,2,15-16H2,1H3,(H,29,32)/b22-13+. The highest BCUT2D eigenvalue weighted by Crippen LogP contribution is 2.30. The number of nitrogens with one attached hydrogen (secondary N) is 1. The van der Waals surface area contributed by atoms with Gasteiger partial charge >= 0.3 is 6.03 Å². The molecular weight excluding hydrogens is 442 g/mol. The van der Waals surface area contributed by atoms with Gasteiger partial charge in [-0.3, -0.25) is 9.69 Å². The molecule has 1 saturated heterocycles. The molecule has 6 nitrogen and oxygen atoms in total. The molecule has 1 heterocycles. The van der Waals surface area contributed by atoms with Crippen LogP contribution in [0, 0.1) is 11.6 Å². The van der Waals surface area contributed by atoms with Crippen LogP contribution < -0.4 is 14.8 Å². The van der Waals surface area contributed by atoms with Gasteiger partial charge in [-0.05, 0) is 66.1 Å². The van der Waals surface area contributed by atoms with Crippen LogP contribution in [0.15, 0.2) is 72.4 Å². The van der Waals surface area contributed by atoms with Gasteiger partial charge in [0.05, 0.1) is 13.2 Å². The molecule has 8 heteroatoms. The second-order valence-corrected chi connectivity index (χ2v) is 7.56. The van der Waals surface area contributed by atoms with E-state index in [1.165, 1.54) is 36.4 Å². The molecule has 3 amide bonds. The third-order valence-electron chi connectivity index (χ3n) is 5.10. The van der Waals surface area contributed by atoms with Gasteiger partial charge in [0.1, 0.15) is 23.9 Å². The summed E-state index contributed by atoms with van der Waals surface area (Å²) in [7, 11) is 0. The summed E-state index contributed by atoms with van der Waals surface area (Å²) in [4.78, 5) is 26.2. The van der Waals surface area contributed by atoms with E-state index in [1.807, 2.05) is 6.92 Å². The van der Waals surface area contributed by atoms with Crippen molar-refractivity contribution in [1.29, 1.82) is 0 Å². The number of ether oxygens (including phenoxy) is 2. The average molecular weight is 464 g/mol. The van der Waals surface area contributed by atoms with Gasteiger partial charge in [0.25, 0.3) is 5.91 Å². The number of hydrogen-bond acceptors (Lipinski definition) is 4. The SMILES string of the molecule is CCOc1cc(/C=C2/NC(=O)N(Cc3ccc(F)cc3)C2=O)ccc1OCc1ccc(F)cc1. The summed E-state index contributed by atoms with van der Waals surface area (Å²) >= 11 is 0. The van der Waals surface area contributed by atoms with Crippen LogP contribution >= 0.6 is 0 Å². The molecule has 0 bridgehead atoms. The molecule has 0 aromatic heterocycles. The fourth-order valence-corrected chi connectivity index (χ4v) is 3.40. The van der Waals surface area contributed by atoms with E-state index in [0.29, 0.717) is 29.2 Å². The Labute approximate surface area is 195 Å². The molecular formula is C26H22F2N2O4. The maximum Gasteiger partial charge on any atom is 0.329 e. The summed E-state index contributed by atoms with van der Waals surface area (Å²) in [5, 5.41) is 2.57. The van der Waals surface area contributed by atoms with E-state index in [9.17, 15) is 18.4 Å². The van der Waals surface area contributed by atoms with Crippen LogP contribution in [0.2, 0.25) is 0 Å². The van der Waals surface area contributed by atoms with Crippen molar-refractivity contribution in [2.45, 2.75) is 20.1 Å². The molecule has 0 saturated carbocycles. The molecule has 1 aliphatic rings. The number of benzene rings is 3. The lowest BCUT2D eigenvalue weighted by atomic mass is 10.1. The summed E-state index contributed by atoms with van der Waals surface area (Å²) in [6.45, 7) is 2.49. The van der Waals surface area contributed by atoms with Crippen LogP contribution in [0.3, 0.4) is 0 Å². The molecule has 0 radical (unpaired) electrons. The summed E-state index contributed by atoms with van der Waals surface area (Å²) < 4.78 is 37.7. The van der Waals surface area contributed by atoms with Gasteiger partial charge in [-0.15, -0.1) is 0 Å². The van der Waals surface area contributed by atoms with E-state index in [4.69, 9.17) is 9.47 Å². The first-order chi connectivity index (χ1) is 16.4. The minimum Gasteiger partial charge on any atom is -0.490 e. The molecule has 174 valence electrons. The smallest absolute Gasteiger partial charge is 0.329 e. The van der Waals surface area contributed by atoms with Crippen molar-refractivity contribution >= 4 is 18.0 Å². The van der Waals surface area contributed by atoms with Gasteiger partial charge in [-0.1, -0.05) is 30.3 Å². The molecule has 3 aromatic rings. The van der Waals surface area contributed by atoms with Crippen molar-refractivity contribution in [1.82, 2.24) is 10.2 Å². The lowest BCUT2D eigenvalue weighted by Crippen LogP contribution is -2.30. The highest BCUT2D eigenvalue weighted by atomic mass is 19.1. The van der Waals surface area contributed by atoms with E-state index in [2.05, 4.69) is 5.32 Å². The maximum atomic E-state index is 13.1. The molecule has 0 unspecified atom stereocenters. The fraction of sp³-hybridized carbons (Fsp3) is 0.154. The van der Waals surface area contributed by atoms with Crippen LogP contribution in [0.25, 0.3) is 6.08 Å². The second kappa shape index (κ2) is 10.2. The van der Waals surface area contributed by atoms with Crippen molar-refractivity contribution in [3.8, 4) is 11.5 Å². The number of imide groups is 1. The molecule has 4 rings (SSSR count). The average Bonchev–Trinajstić information content (AvgIpc) is 3.08. The Morgan fingerprint density at radius 2 is 1.50 bits per heavy atom. The van der Waals surface area contributed by atoms with E-state index < -0.39 is 17.8 Å². The lowest BCUT2D eigenvalue weighted by molar-refractivity contribution is -0.123. The van der Waals surface area contributed by atoms with E-state index in [0.717, 1.165) is 10.5 Å². The lowest BCUT2D eigenvalue weighted by Gasteiger charge is -2.13. The van der Waals surface area contributed by atoms with Crippen LogP contribution in [-0.4, -0.2) is 23.4 Å². The minimum absolute atomic E-state index is 0.0304. The number of nitrogens with zero attached hydrogens (tertiary/aromatic N) is 1. The topological polar surface area (TPSA) is 67.9 Å². The highest BCUT2D eigenvalue weighted by molar-refractivity contribution is 6.13. The summed E-state index contributed by atoms with van der Waals surface area (Å²) in [6, 6.07) is 16.2. The Kier molecular flexibility index (Phi) is 6.87. The predicted molar refractivity (Wildman–Crippen MR) is 122 cm³/mol. The van der Waals surface area contributed by atoms with Crippen LogP contribution in [-0.2, 0) is 17.9 Å². The molecule has 34 heavy (non-hydrogen) atoms. The summed E-state index contributed by atoms with van der Waals surface area (Å²) in [5.41, 5.74) is 2.18. The Bertz CT molecular complexity index is 1220. The van der Waals surface area contributed by atoms with E-state index in [1.54, 1.807) is 36.4 Å². The highest BCUT2D eigenvalue weighted by Gasteiger charge is 2.33. The third kappa shape index (κ3) is 5.40. The number of halogens is 2. The van der Waals surface area contributed by atoms with Crippen LogP contribution in [0.4, 0.5) is 13.6 Å². The quantitative estimate of drug-likeness (QED) is 0.375. The van der Waals surface area contributed by atoms with Gasteiger partial charge in [0, 0.05) is 0 Å². The van der Waals surface area contributed by atoms with Gasteiger partial charge in [0.2, 0.25) is 0 Å². The van der Waals surface area contributed by atoms with E-state index in [-0.39, 0.29) is 24.7 Å². The Morgan fingerprint density at radius 1 is 0.853 bits per heavy atom. The maximum absolute atomic E-state index is 13.1. The Morgan fingerprint density at radius 3 is 2.15 bits per heavy atom. The van der Waals surface area contributed by atoms with Gasteiger partial charge in [-0.25, -0.2) is 13.6 Å². The zero-order valence-corrected chi connectivity index (χ0v) is 18.4. The number of carbonyl (C=O) groups is 2. The van der Waals surface area contributed by atoms with Crippen LogP contribution in [0.1, 0.15) is 23.6 Å². The Hall–Kier alpha value is -4.20. The normalized spacial score (nSPS) is 14.4. The summed E-state index contributed by atoms with van der Waals surface area (Å²) in [6.07, 6.45) is 1.55. The molecule has 0 spiro atoms. The molecule has 1 fully saturated rings.